The van der Waals surface area contributed by atoms with E-state index in [1.807, 2.05) is 13.8 Å². The summed E-state index contributed by atoms with van der Waals surface area (Å²) in [6.45, 7) is 1.59. The molecule has 1 N–H and O–H groups in total. The second kappa shape index (κ2) is 8.52. The molecule has 0 spiro atoms. The topological polar surface area (TPSA) is 50.8 Å². The first-order valence-electron chi connectivity index (χ1n) is 4.67. The van der Waals surface area contributed by atoms with E-state index < -0.39 is 12.7 Å². The van der Waals surface area contributed by atoms with Gasteiger partial charge in [-0.2, -0.15) is 8.47 Å². The molecule has 0 bridgehead atoms. The van der Waals surface area contributed by atoms with Gasteiger partial charge in [-0.15, -0.1) is 0 Å². The van der Waals surface area contributed by atoms with Gasteiger partial charge in [-0.05, 0) is 25.7 Å². The van der Waals surface area contributed by atoms with Crippen LogP contribution in [0.15, 0.2) is 0 Å². The summed E-state index contributed by atoms with van der Waals surface area (Å²) in [7, 11) is 1.67. The number of nitrogens with zero attached hydrogens (tertiary/aromatic N) is 1. The van der Waals surface area contributed by atoms with Crippen molar-refractivity contribution < 1.29 is 18.2 Å². The Balaban J connectivity index is 4.21. The Hall–Kier alpha value is 0.440. The third-order valence-corrected chi connectivity index (χ3v) is 6.30. The summed E-state index contributed by atoms with van der Waals surface area (Å²) >= 11 is 6.26. The van der Waals surface area contributed by atoms with Gasteiger partial charge in [0.05, 0.1) is 19.8 Å². The minimum Gasteiger partial charge on any atom is -0.318 e. The van der Waals surface area contributed by atoms with Gasteiger partial charge < -0.3 is 9.05 Å². The second-order valence-electron chi connectivity index (χ2n) is 2.54. The van der Waals surface area contributed by atoms with Crippen LogP contribution in [0.4, 0.5) is 4.39 Å². The van der Waals surface area contributed by atoms with Crippen LogP contribution < -0.4 is 4.72 Å². The summed E-state index contributed by atoms with van der Waals surface area (Å²) in [5.74, 6) is 0. The molecule has 9 heteroatoms. The van der Waals surface area contributed by atoms with Gasteiger partial charge in [0.2, 0.25) is 0 Å². The normalized spacial score (nSPS) is 12.1. The molecule has 0 aromatic heterocycles. The van der Waals surface area contributed by atoms with Crippen molar-refractivity contribution in [2.24, 2.45) is 0 Å². The predicted molar refractivity (Wildman–Crippen MR) is 67.0 cm³/mol. The zero-order chi connectivity index (χ0) is 12.6. The molecule has 0 atom stereocenters. The monoisotopic (exact) mass is 290 g/mol. The van der Waals surface area contributed by atoms with Crippen LogP contribution >= 0.6 is 18.8 Å². The van der Waals surface area contributed by atoms with Gasteiger partial charge in [0, 0.05) is 19.2 Å². The fourth-order valence-electron chi connectivity index (χ4n) is 0.759. The maximum absolute atomic E-state index is 11.9. The lowest BCUT2D eigenvalue weighted by Gasteiger charge is -2.28. The number of rotatable bonds is 9. The van der Waals surface area contributed by atoms with E-state index in [0.29, 0.717) is 13.2 Å². The smallest absolute Gasteiger partial charge is 0.316 e. The maximum Gasteiger partial charge on any atom is 0.316 e. The molecule has 0 aromatic rings. The molecule has 0 radical (unpaired) electrons. The van der Waals surface area contributed by atoms with Crippen LogP contribution in [-0.2, 0) is 25.6 Å². The van der Waals surface area contributed by atoms with Gasteiger partial charge in [0.25, 0.3) is 6.64 Å². The van der Waals surface area contributed by atoms with E-state index in [-0.39, 0.29) is 6.54 Å². The zero-order valence-electron chi connectivity index (χ0n) is 9.43. The molecule has 96 valence electrons. The third-order valence-electron chi connectivity index (χ3n) is 1.34. The Bertz CT molecular complexity index is 260. The minimum absolute atomic E-state index is 0.372. The van der Waals surface area contributed by atoms with Crippen LogP contribution in [0.25, 0.3) is 0 Å². The number of nitrogens with one attached hydrogen (secondary N) is 1. The first-order chi connectivity index (χ1) is 7.46. The largest absolute Gasteiger partial charge is 0.318 e. The molecular formula is C7H16FN2O3PS2. The predicted octanol–water partition coefficient (Wildman–Crippen LogP) is 1.86. The Morgan fingerprint density at radius 1 is 1.50 bits per heavy atom. The van der Waals surface area contributed by atoms with E-state index in [1.165, 1.54) is 0 Å². The highest BCUT2D eigenvalue weighted by Gasteiger charge is 2.25. The molecule has 5 nitrogen and oxygen atoms in total. The first kappa shape index (κ1) is 16.4. The third kappa shape index (κ3) is 6.24. The van der Waals surface area contributed by atoms with E-state index in [0.717, 1.165) is 12.1 Å². The van der Waals surface area contributed by atoms with Crippen LogP contribution in [0.3, 0.4) is 0 Å². The van der Waals surface area contributed by atoms with E-state index in [2.05, 4.69) is 4.72 Å². The Morgan fingerprint density at radius 3 is 2.38 bits per heavy atom. The summed E-state index contributed by atoms with van der Waals surface area (Å²) < 4.78 is 26.8. The van der Waals surface area contributed by atoms with Crippen molar-refractivity contribution >= 4 is 36.6 Å². The van der Waals surface area contributed by atoms with Crippen molar-refractivity contribution in [3.63, 3.8) is 0 Å². The minimum atomic E-state index is -2.54. The average Bonchev–Trinajstić information content (AvgIpc) is 2.17. The summed E-state index contributed by atoms with van der Waals surface area (Å²) in [5, 5.41) is 0. The summed E-state index contributed by atoms with van der Waals surface area (Å²) in [5.41, 5.74) is 0. The first-order valence-corrected chi connectivity index (χ1v) is 8.04. The molecule has 0 aromatic carbocycles. The molecule has 0 saturated heterocycles. The molecule has 0 heterocycles. The van der Waals surface area contributed by atoms with Gasteiger partial charge in [-0.1, -0.05) is 0 Å². The van der Waals surface area contributed by atoms with Crippen molar-refractivity contribution in [1.82, 2.24) is 8.80 Å². The molecule has 0 rings (SSSR count). The highest BCUT2D eigenvalue weighted by Crippen LogP contribution is 2.53. The molecule has 0 aliphatic carbocycles. The van der Waals surface area contributed by atoms with E-state index in [1.54, 1.807) is 11.1 Å². The Morgan fingerprint density at radius 2 is 2.00 bits per heavy atom. The fraction of sp³-hybridized carbons (Fsp3) is 0.857. The lowest BCUT2D eigenvalue weighted by molar-refractivity contribution is -0.127. The number of hydrogen-bond acceptors (Lipinski definition) is 6. The molecular weight excluding hydrogens is 274 g/mol. The van der Waals surface area contributed by atoms with Crippen LogP contribution in [0.1, 0.15) is 13.8 Å². The van der Waals surface area contributed by atoms with E-state index in [9.17, 15) is 9.18 Å². The number of hydrogen-bond donors (Lipinski definition) is 1. The van der Waals surface area contributed by atoms with Gasteiger partial charge in [0.15, 0.2) is 0 Å². The molecule has 0 unspecified atom stereocenters. The highest BCUT2D eigenvalue weighted by molar-refractivity contribution is 8.14. The van der Waals surface area contributed by atoms with Crippen molar-refractivity contribution in [1.29, 1.82) is 0 Å². The molecule has 0 saturated carbocycles. The molecule has 0 aliphatic rings. The summed E-state index contributed by atoms with van der Waals surface area (Å²) in [4.78, 5) is 10.1. The Labute approximate surface area is 105 Å². The lowest BCUT2D eigenvalue weighted by atomic mass is 10.7. The maximum atomic E-state index is 11.9. The van der Waals surface area contributed by atoms with Gasteiger partial charge in [-0.3, -0.25) is 4.79 Å². The quantitative estimate of drug-likeness (QED) is 0.395. The number of halogens is 1. The molecule has 16 heavy (non-hydrogen) atoms. The van der Waals surface area contributed by atoms with Crippen molar-refractivity contribution in [2.75, 3.05) is 26.8 Å². The highest BCUT2D eigenvalue weighted by atomic mass is 32.5. The number of carbonyl (C=O) groups is 1. The van der Waals surface area contributed by atoms with Crippen molar-refractivity contribution in [3.8, 4) is 0 Å². The van der Waals surface area contributed by atoms with E-state index in [4.69, 9.17) is 20.9 Å². The summed E-state index contributed by atoms with van der Waals surface area (Å²) in [6, 6.07) is -1.43. The standard InChI is InChI=1S/C7H16FN2O3PS2/c1-4-12-14(15,13-5-2)10(3)16-9-6-7(8)11/h9H,4-6H2,1-3H3. The zero-order valence-corrected chi connectivity index (χ0v) is 12.0. The second-order valence-corrected chi connectivity index (χ2v) is 7.26. The van der Waals surface area contributed by atoms with Crippen molar-refractivity contribution in [2.45, 2.75) is 13.8 Å². The molecule has 0 amide bonds. The van der Waals surface area contributed by atoms with Crippen LogP contribution in [0, 0.1) is 0 Å². The SMILES string of the molecule is CCOP(=S)(OCC)N(C)SNCC(=O)F. The van der Waals surface area contributed by atoms with Gasteiger partial charge in [-0.25, -0.2) is 4.72 Å². The van der Waals surface area contributed by atoms with Crippen molar-refractivity contribution in [3.05, 3.63) is 0 Å². The lowest BCUT2D eigenvalue weighted by Crippen LogP contribution is -2.20. The van der Waals surface area contributed by atoms with Crippen LogP contribution in [0.5, 0.6) is 0 Å². The molecule has 0 aliphatic heterocycles. The summed E-state index contributed by atoms with van der Waals surface area (Å²) in [6.07, 6.45) is 0. The number of carbonyl (C=O) groups excluding carboxylic acids is 1. The fourth-order valence-corrected chi connectivity index (χ4v) is 3.96. The van der Waals surface area contributed by atoms with Crippen LogP contribution in [-0.4, -0.2) is 36.9 Å². The molecule has 0 fully saturated rings. The van der Waals surface area contributed by atoms with E-state index >= 15 is 0 Å². The van der Waals surface area contributed by atoms with Gasteiger partial charge >= 0.3 is 6.04 Å². The van der Waals surface area contributed by atoms with Gasteiger partial charge in [0.1, 0.15) is 0 Å². The average molecular weight is 290 g/mol. The Kier molecular flexibility index (Phi) is 8.75. The van der Waals surface area contributed by atoms with Crippen LogP contribution in [0.2, 0.25) is 0 Å².